The fourth-order valence-corrected chi connectivity index (χ4v) is 4.91. The Balaban J connectivity index is 1.44. The van der Waals surface area contributed by atoms with Crippen LogP contribution in [0.3, 0.4) is 0 Å². The normalized spacial score (nSPS) is 15.4. The summed E-state index contributed by atoms with van der Waals surface area (Å²) in [6.07, 6.45) is 3.47. The zero-order chi connectivity index (χ0) is 24.5. The van der Waals surface area contributed by atoms with Gasteiger partial charge in [0.2, 0.25) is 5.91 Å². The number of aromatic nitrogens is 4. The Labute approximate surface area is 201 Å². The van der Waals surface area contributed by atoms with Gasteiger partial charge in [0.1, 0.15) is 5.39 Å². The van der Waals surface area contributed by atoms with E-state index < -0.39 is 0 Å². The van der Waals surface area contributed by atoms with Gasteiger partial charge in [0.05, 0.1) is 29.9 Å². The second-order valence-corrected chi connectivity index (χ2v) is 10.3. The minimum atomic E-state index is -0.376. The number of unbranched alkanes of at least 4 members (excludes halogenated alkanes) is 1. The van der Waals surface area contributed by atoms with Crippen molar-refractivity contribution in [3.05, 3.63) is 46.4 Å². The van der Waals surface area contributed by atoms with Crippen LogP contribution in [0.25, 0.3) is 11.0 Å². The predicted molar refractivity (Wildman–Crippen MR) is 131 cm³/mol. The third-order valence-corrected chi connectivity index (χ3v) is 6.66. The second-order valence-electron chi connectivity index (χ2n) is 9.32. The first-order valence-corrected chi connectivity index (χ1v) is 12.4. The Hall–Kier alpha value is -3.14. The van der Waals surface area contributed by atoms with E-state index in [9.17, 15) is 14.4 Å². The highest BCUT2D eigenvalue weighted by molar-refractivity contribution is 7.99. The number of rotatable bonds is 7. The number of hydrogen-bond donors (Lipinski definition) is 1. The monoisotopic (exact) mass is 483 g/mol. The van der Waals surface area contributed by atoms with Crippen molar-refractivity contribution < 1.29 is 14.3 Å². The summed E-state index contributed by atoms with van der Waals surface area (Å²) in [7, 11) is 0. The highest BCUT2D eigenvalue weighted by atomic mass is 32.2. The fraction of sp³-hybridized carbons (Fsp3) is 0.458. The van der Waals surface area contributed by atoms with Gasteiger partial charge in [0.15, 0.2) is 10.8 Å². The molecule has 2 aromatic heterocycles. The topological polar surface area (TPSA) is 108 Å². The van der Waals surface area contributed by atoms with E-state index in [1.807, 2.05) is 27.7 Å². The van der Waals surface area contributed by atoms with Gasteiger partial charge < -0.3 is 10.1 Å². The first-order valence-electron chi connectivity index (χ1n) is 11.4. The number of ether oxygens (including phenoxy) is 1. The molecule has 1 N–H and O–H groups in total. The van der Waals surface area contributed by atoms with Crippen LogP contribution < -0.4 is 10.9 Å². The maximum absolute atomic E-state index is 13.2. The van der Waals surface area contributed by atoms with Crippen molar-refractivity contribution >= 4 is 40.4 Å². The highest BCUT2D eigenvalue weighted by Crippen LogP contribution is 2.34. The Morgan fingerprint density at radius 3 is 2.65 bits per heavy atom. The Morgan fingerprint density at radius 2 is 1.97 bits per heavy atom. The number of carbonyl (C=O) groups excluding carboxylic acids is 2. The summed E-state index contributed by atoms with van der Waals surface area (Å²) in [6.45, 7) is 8.45. The number of carbonyl (C=O) groups is 2. The SMILES string of the molecule is CCCCOC(=O)c1ccc(NC(=O)CC2CSc3nc4c(cnn4C(C)(C)C)c(=O)n32)cc1. The molecular weight excluding hydrogens is 454 g/mol. The molecular formula is C24H29N5O4S. The molecule has 9 nitrogen and oxygen atoms in total. The average molecular weight is 484 g/mol. The summed E-state index contributed by atoms with van der Waals surface area (Å²) < 4.78 is 8.57. The molecule has 4 rings (SSSR count). The number of nitrogens with zero attached hydrogens (tertiary/aromatic N) is 4. The van der Waals surface area contributed by atoms with E-state index in [2.05, 4.69) is 15.4 Å². The lowest BCUT2D eigenvalue weighted by Crippen LogP contribution is -2.29. The molecule has 0 fully saturated rings. The summed E-state index contributed by atoms with van der Waals surface area (Å²) in [6, 6.07) is 6.30. The van der Waals surface area contributed by atoms with E-state index in [1.54, 1.807) is 39.7 Å². The first-order chi connectivity index (χ1) is 16.2. The van der Waals surface area contributed by atoms with Crippen molar-refractivity contribution in [1.29, 1.82) is 0 Å². The van der Waals surface area contributed by atoms with Crippen LogP contribution in [0.1, 0.15) is 63.4 Å². The van der Waals surface area contributed by atoms with Gasteiger partial charge in [-0.15, -0.1) is 0 Å². The van der Waals surface area contributed by atoms with Crippen LogP contribution in [-0.4, -0.2) is 43.6 Å². The molecule has 1 atom stereocenters. The molecule has 0 spiro atoms. The lowest BCUT2D eigenvalue weighted by Gasteiger charge is -2.20. The molecule has 0 radical (unpaired) electrons. The molecule has 1 amide bonds. The fourth-order valence-electron chi connectivity index (χ4n) is 3.78. The minimum absolute atomic E-state index is 0.140. The van der Waals surface area contributed by atoms with Gasteiger partial charge in [-0.1, -0.05) is 25.1 Å². The molecule has 0 bridgehead atoms. The zero-order valence-electron chi connectivity index (χ0n) is 19.8. The smallest absolute Gasteiger partial charge is 0.338 e. The molecule has 180 valence electrons. The summed E-state index contributed by atoms with van der Waals surface area (Å²) in [5.74, 6) is 0.00120. The average Bonchev–Trinajstić information content (AvgIpc) is 3.39. The van der Waals surface area contributed by atoms with Crippen molar-refractivity contribution in [2.75, 3.05) is 17.7 Å². The van der Waals surface area contributed by atoms with Gasteiger partial charge in [-0.2, -0.15) is 5.10 Å². The van der Waals surface area contributed by atoms with Crippen LogP contribution in [0, 0.1) is 0 Å². The molecule has 3 aromatic rings. The molecule has 0 saturated heterocycles. The number of hydrogen-bond acceptors (Lipinski definition) is 7. The summed E-state index contributed by atoms with van der Waals surface area (Å²) in [4.78, 5) is 42.6. The molecule has 1 unspecified atom stereocenters. The van der Waals surface area contributed by atoms with Crippen LogP contribution in [-0.2, 0) is 15.1 Å². The van der Waals surface area contributed by atoms with E-state index >= 15 is 0 Å². The van der Waals surface area contributed by atoms with E-state index in [-0.39, 0.29) is 35.4 Å². The van der Waals surface area contributed by atoms with E-state index in [0.717, 1.165) is 12.8 Å². The molecule has 0 saturated carbocycles. The van der Waals surface area contributed by atoms with Crippen LogP contribution in [0.5, 0.6) is 0 Å². The molecule has 3 heterocycles. The van der Waals surface area contributed by atoms with Gasteiger partial charge in [-0.25, -0.2) is 14.5 Å². The van der Waals surface area contributed by atoms with Crippen molar-refractivity contribution in [3.63, 3.8) is 0 Å². The molecule has 34 heavy (non-hydrogen) atoms. The number of thioether (sulfide) groups is 1. The van der Waals surface area contributed by atoms with E-state index in [1.165, 1.54) is 11.8 Å². The summed E-state index contributed by atoms with van der Waals surface area (Å²) >= 11 is 1.47. The second kappa shape index (κ2) is 9.61. The zero-order valence-corrected chi connectivity index (χ0v) is 20.6. The Bertz CT molecular complexity index is 1270. The Kier molecular flexibility index (Phi) is 6.79. The highest BCUT2D eigenvalue weighted by Gasteiger charge is 2.30. The minimum Gasteiger partial charge on any atom is -0.462 e. The van der Waals surface area contributed by atoms with Crippen LogP contribution in [0.2, 0.25) is 0 Å². The number of esters is 1. The Morgan fingerprint density at radius 1 is 1.24 bits per heavy atom. The standard InChI is InChI=1S/C24H29N5O4S/c1-5-6-11-33-22(32)15-7-9-16(10-8-15)26-19(30)12-17-14-34-23-27-20-18(21(31)28(17)23)13-25-29(20)24(2,3)4/h7-10,13,17H,5-6,11-12,14H2,1-4H3,(H,26,30). The summed E-state index contributed by atoms with van der Waals surface area (Å²) in [5, 5.41) is 8.27. The molecule has 10 heteroatoms. The van der Waals surface area contributed by atoms with Crippen molar-refractivity contribution in [2.45, 2.75) is 63.7 Å². The van der Waals surface area contributed by atoms with Gasteiger partial charge in [0.25, 0.3) is 5.56 Å². The quantitative estimate of drug-likeness (QED) is 0.308. The van der Waals surface area contributed by atoms with Crippen molar-refractivity contribution in [2.24, 2.45) is 0 Å². The molecule has 1 aromatic carbocycles. The molecule has 0 aliphatic carbocycles. The van der Waals surface area contributed by atoms with Crippen molar-refractivity contribution in [1.82, 2.24) is 19.3 Å². The third-order valence-electron chi connectivity index (χ3n) is 5.56. The van der Waals surface area contributed by atoms with Crippen LogP contribution >= 0.6 is 11.8 Å². The van der Waals surface area contributed by atoms with Gasteiger partial charge in [0, 0.05) is 17.9 Å². The van der Waals surface area contributed by atoms with Crippen LogP contribution in [0.4, 0.5) is 5.69 Å². The largest absolute Gasteiger partial charge is 0.462 e. The maximum atomic E-state index is 13.2. The van der Waals surface area contributed by atoms with Gasteiger partial charge in [-0.3, -0.25) is 14.2 Å². The summed E-state index contributed by atoms with van der Waals surface area (Å²) in [5.41, 5.74) is 1.10. The lowest BCUT2D eigenvalue weighted by molar-refractivity contribution is -0.116. The molecule has 1 aliphatic heterocycles. The van der Waals surface area contributed by atoms with Gasteiger partial charge in [-0.05, 0) is 51.5 Å². The number of nitrogens with one attached hydrogen (secondary N) is 1. The van der Waals surface area contributed by atoms with E-state index in [0.29, 0.717) is 39.8 Å². The third kappa shape index (κ3) is 4.86. The number of amides is 1. The van der Waals surface area contributed by atoms with Crippen molar-refractivity contribution in [3.8, 4) is 0 Å². The number of fused-ring (bicyclic) bond motifs is 2. The molecule has 1 aliphatic rings. The predicted octanol–water partition coefficient (Wildman–Crippen LogP) is 3.98. The first kappa shape index (κ1) is 24.0. The van der Waals surface area contributed by atoms with E-state index in [4.69, 9.17) is 4.74 Å². The van der Waals surface area contributed by atoms with Gasteiger partial charge >= 0.3 is 5.97 Å². The lowest BCUT2D eigenvalue weighted by atomic mass is 10.1. The van der Waals surface area contributed by atoms with Crippen LogP contribution in [0.15, 0.2) is 40.4 Å². The number of benzene rings is 1. The number of anilines is 1. The maximum Gasteiger partial charge on any atom is 0.338 e.